The number of rotatable bonds is 7. The quantitative estimate of drug-likeness (QED) is 0.792. The van der Waals surface area contributed by atoms with Crippen LogP contribution in [0.15, 0.2) is 21.9 Å². The Labute approximate surface area is 127 Å². The molecule has 0 spiro atoms. The van der Waals surface area contributed by atoms with Crippen LogP contribution in [-0.2, 0) is 16.1 Å². The van der Waals surface area contributed by atoms with Gasteiger partial charge in [0, 0.05) is 0 Å². The molecule has 0 saturated heterocycles. The number of esters is 1. The number of ether oxygens (including phenoxy) is 1. The van der Waals surface area contributed by atoms with Gasteiger partial charge >= 0.3 is 5.97 Å². The van der Waals surface area contributed by atoms with Crippen LogP contribution < -0.4 is 5.32 Å². The molecule has 1 unspecified atom stereocenters. The molecule has 0 aliphatic rings. The van der Waals surface area contributed by atoms with Crippen molar-refractivity contribution in [1.82, 2.24) is 15.5 Å². The van der Waals surface area contributed by atoms with Crippen LogP contribution in [0.4, 0.5) is 0 Å². The van der Waals surface area contributed by atoms with Crippen LogP contribution in [0.1, 0.15) is 26.2 Å². The van der Waals surface area contributed by atoms with Crippen LogP contribution in [0.5, 0.6) is 0 Å². The van der Waals surface area contributed by atoms with Crippen molar-refractivity contribution >= 4 is 17.3 Å². The number of carbonyl (C=O) groups is 1. The maximum atomic E-state index is 11.7. The van der Waals surface area contributed by atoms with Crippen LogP contribution in [0.25, 0.3) is 10.8 Å². The van der Waals surface area contributed by atoms with Gasteiger partial charge in [-0.1, -0.05) is 19.9 Å². The number of hydrogen-bond donors (Lipinski definition) is 1. The van der Waals surface area contributed by atoms with Gasteiger partial charge in [-0.15, -0.1) is 21.5 Å². The van der Waals surface area contributed by atoms with E-state index in [0.29, 0.717) is 30.7 Å². The Kier molecular flexibility index (Phi) is 5.46. The van der Waals surface area contributed by atoms with Gasteiger partial charge in [0.2, 0.25) is 5.89 Å². The molecule has 0 aliphatic heterocycles. The summed E-state index contributed by atoms with van der Waals surface area (Å²) in [6.07, 6.45) is 0.693. The summed E-state index contributed by atoms with van der Waals surface area (Å²) < 4.78 is 10.4. The molecule has 21 heavy (non-hydrogen) atoms. The van der Waals surface area contributed by atoms with E-state index in [1.807, 2.05) is 17.5 Å². The SMILES string of the molecule is COC(=O)C(CC(C)C)NCc1nnc(-c2cccs2)o1. The lowest BCUT2D eigenvalue weighted by Gasteiger charge is -2.17. The molecule has 1 atom stereocenters. The fraction of sp³-hybridized carbons (Fsp3) is 0.500. The summed E-state index contributed by atoms with van der Waals surface area (Å²) in [5, 5.41) is 13.0. The summed E-state index contributed by atoms with van der Waals surface area (Å²) in [5.74, 6) is 1.06. The predicted molar refractivity (Wildman–Crippen MR) is 79.7 cm³/mol. The molecule has 2 aromatic rings. The Hall–Kier alpha value is -1.73. The maximum absolute atomic E-state index is 11.7. The Morgan fingerprint density at radius 1 is 1.48 bits per heavy atom. The van der Waals surface area contributed by atoms with Gasteiger partial charge < -0.3 is 9.15 Å². The van der Waals surface area contributed by atoms with Gasteiger partial charge in [-0.2, -0.15) is 0 Å². The van der Waals surface area contributed by atoms with Gasteiger partial charge in [0.15, 0.2) is 0 Å². The van der Waals surface area contributed by atoms with Crippen LogP contribution in [-0.4, -0.2) is 29.3 Å². The standard InChI is InChI=1S/C14H19N3O3S/c1-9(2)7-10(14(18)19-3)15-8-12-16-17-13(20-12)11-5-4-6-21-11/h4-6,9-10,15H,7-8H2,1-3H3. The Morgan fingerprint density at radius 2 is 2.29 bits per heavy atom. The second-order valence-corrected chi connectivity index (χ2v) is 6.01. The lowest BCUT2D eigenvalue weighted by atomic mass is 10.0. The van der Waals surface area contributed by atoms with E-state index in [1.54, 1.807) is 0 Å². The minimum Gasteiger partial charge on any atom is -0.468 e. The summed E-state index contributed by atoms with van der Waals surface area (Å²) in [7, 11) is 1.39. The molecular formula is C14H19N3O3S. The molecule has 2 rings (SSSR count). The first-order chi connectivity index (χ1) is 10.1. The number of methoxy groups -OCH3 is 1. The summed E-state index contributed by atoms with van der Waals surface area (Å²) in [6.45, 7) is 4.45. The number of nitrogens with one attached hydrogen (secondary N) is 1. The van der Waals surface area contributed by atoms with E-state index in [1.165, 1.54) is 18.4 Å². The van der Waals surface area contributed by atoms with E-state index in [0.717, 1.165) is 4.88 Å². The van der Waals surface area contributed by atoms with Crippen LogP contribution in [0, 0.1) is 5.92 Å². The van der Waals surface area contributed by atoms with E-state index >= 15 is 0 Å². The molecule has 0 bridgehead atoms. The normalized spacial score (nSPS) is 12.6. The first kappa shape index (κ1) is 15.7. The fourth-order valence-electron chi connectivity index (χ4n) is 1.91. The average Bonchev–Trinajstić information content (AvgIpc) is 3.12. The largest absolute Gasteiger partial charge is 0.468 e. The third-order valence-electron chi connectivity index (χ3n) is 2.89. The summed E-state index contributed by atoms with van der Waals surface area (Å²) >= 11 is 1.54. The summed E-state index contributed by atoms with van der Waals surface area (Å²) in [4.78, 5) is 12.6. The molecule has 1 N–H and O–H groups in total. The van der Waals surface area contributed by atoms with Crippen molar-refractivity contribution in [2.24, 2.45) is 5.92 Å². The van der Waals surface area contributed by atoms with Gasteiger partial charge in [0.05, 0.1) is 18.5 Å². The topological polar surface area (TPSA) is 77.2 Å². The molecule has 0 amide bonds. The number of aromatic nitrogens is 2. The molecule has 7 heteroatoms. The molecule has 2 heterocycles. The molecule has 0 aromatic carbocycles. The van der Waals surface area contributed by atoms with E-state index in [2.05, 4.69) is 29.4 Å². The van der Waals surface area contributed by atoms with Crippen molar-refractivity contribution in [1.29, 1.82) is 0 Å². The second-order valence-electron chi connectivity index (χ2n) is 5.06. The average molecular weight is 309 g/mol. The van der Waals surface area contributed by atoms with Crippen molar-refractivity contribution in [2.45, 2.75) is 32.9 Å². The smallest absolute Gasteiger partial charge is 0.322 e. The Balaban J connectivity index is 1.96. The number of thiophene rings is 1. The lowest BCUT2D eigenvalue weighted by Crippen LogP contribution is -2.38. The number of carbonyl (C=O) groups excluding carboxylic acids is 1. The van der Waals surface area contributed by atoms with Crippen LogP contribution in [0.2, 0.25) is 0 Å². The molecule has 0 aliphatic carbocycles. The second kappa shape index (κ2) is 7.33. The van der Waals surface area contributed by atoms with E-state index < -0.39 is 0 Å². The van der Waals surface area contributed by atoms with E-state index in [4.69, 9.17) is 9.15 Å². The Morgan fingerprint density at radius 3 is 2.90 bits per heavy atom. The van der Waals surface area contributed by atoms with Crippen molar-refractivity contribution in [3.63, 3.8) is 0 Å². The van der Waals surface area contributed by atoms with Gasteiger partial charge in [-0.25, -0.2) is 0 Å². The highest BCUT2D eigenvalue weighted by Crippen LogP contribution is 2.22. The number of hydrogen-bond acceptors (Lipinski definition) is 7. The first-order valence-electron chi connectivity index (χ1n) is 6.77. The molecule has 114 valence electrons. The first-order valence-corrected chi connectivity index (χ1v) is 7.65. The van der Waals surface area contributed by atoms with E-state index in [9.17, 15) is 4.79 Å². The van der Waals surface area contributed by atoms with Gasteiger partial charge in [0.25, 0.3) is 5.89 Å². The number of nitrogens with zero attached hydrogens (tertiary/aromatic N) is 2. The van der Waals surface area contributed by atoms with Crippen LogP contribution in [0.3, 0.4) is 0 Å². The Bertz CT molecular complexity index is 566. The maximum Gasteiger partial charge on any atom is 0.322 e. The summed E-state index contributed by atoms with van der Waals surface area (Å²) in [6, 6.07) is 3.48. The van der Waals surface area contributed by atoms with Crippen LogP contribution >= 0.6 is 11.3 Å². The van der Waals surface area contributed by atoms with Gasteiger partial charge in [0.1, 0.15) is 6.04 Å². The molecular weight excluding hydrogens is 290 g/mol. The van der Waals surface area contributed by atoms with Crippen molar-refractivity contribution in [3.05, 3.63) is 23.4 Å². The molecule has 0 saturated carbocycles. The third kappa shape index (κ3) is 4.37. The lowest BCUT2D eigenvalue weighted by molar-refractivity contribution is -0.143. The van der Waals surface area contributed by atoms with Gasteiger partial charge in [-0.3, -0.25) is 10.1 Å². The molecule has 0 radical (unpaired) electrons. The third-order valence-corrected chi connectivity index (χ3v) is 3.75. The monoisotopic (exact) mass is 309 g/mol. The highest BCUT2D eigenvalue weighted by atomic mass is 32.1. The molecule has 0 fully saturated rings. The van der Waals surface area contributed by atoms with E-state index in [-0.39, 0.29) is 12.0 Å². The molecule has 6 nitrogen and oxygen atoms in total. The van der Waals surface area contributed by atoms with Crippen molar-refractivity contribution < 1.29 is 13.9 Å². The molecule has 2 aromatic heterocycles. The minimum atomic E-state index is -0.368. The zero-order valence-corrected chi connectivity index (χ0v) is 13.1. The predicted octanol–water partition coefficient (Wildman–Crippen LogP) is 2.48. The highest BCUT2D eigenvalue weighted by molar-refractivity contribution is 7.13. The zero-order chi connectivity index (χ0) is 15.2. The summed E-state index contributed by atoms with van der Waals surface area (Å²) in [5.41, 5.74) is 0. The minimum absolute atomic E-state index is 0.276. The van der Waals surface area contributed by atoms with Gasteiger partial charge in [-0.05, 0) is 23.8 Å². The zero-order valence-electron chi connectivity index (χ0n) is 12.3. The van der Waals surface area contributed by atoms with Crippen molar-refractivity contribution in [3.8, 4) is 10.8 Å². The fourth-order valence-corrected chi connectivity index (χ4v) is 2.56. The highest BCUT2D eigenvalue weighted by Gasteiger charge is 2.21. The van der Waals surface area contributed by atoms with Crippen molar-refractivity contribution in [2.75, 3.05) is 7.11 Å².